The van der Waals surface area contributed by atoms with E-state index >= 15 is 0 Å². The fourth-order valence-electron chi connectivity index (χ4n) is 2.43. The van der Waals surface area contributed by atoms with Crippen molar-refractivity contribution in [3.63, 3.8) is 0 Å². The topological polar surface area (TPSA) is 66.6 Å². The molecule has 5 heteroatoms. The number of hydrogen-bond donors (Lipinski definition) is 2. The molecule has 1 amide bonds. The lowest BCUT2D eigenvalue weighted by molar-refractivity contribution is -0.134. The van der Waals surface area contributed by atoms with Gasteiger partial charge >= 0.3 is 0 Å². The fourth-order valence-corrected chi connectivity index (χ4v) is 2.43. The van der Waals surface area contributed by atoms with Crippen LogP contribution in [0.5, 0.6) is 5.75 Å². The van der Waals surface area contributed by atoms with Crippen LogP contribution in [0.4, 0.5) is 4.39 Å². The largest absolute Gasteiger partial charge is 0.505 e. The average molecular weight is 266 g/mol. The number of benzene rings is 1. The zero-order chi connectivity index (χ0) is 13.8. The van der Waals surface area contributed by atoms with Crippen molar-refractivity contribution in [2.75, 3.05) is 19.6 Å². The van der Waals surface area contributed by atoms with Gasteiger partial charge < -0.3 is 15.7 Å². The van der Waals surface area contributed by atoms with Crippen LogP contribution in [-0.2, 0) is 11.2 Å². The van der Waals surface area contributed by atoms with E-state index in [1.165, 1.54) is 12.1 Å². The molecule has 0 aliphatic carbocycles. The monoisotopic (exact) mass is 266 g/mol. The molecule has 104 valence electrons. The van der Waals surface area contributed by atoms with Crippen LogP contribution in [0.1, 0.15) is 18.4 Å². The van der Waals surface area contributed by atoms with Gasteiger partial charge in [0.25, 0.3) is 0 Å². The maximum atomic E-state index is 13.3. The second kappa shape index (κ2) is 6.02. The van der Waals surface area contributed by atoms with E-state index in [1.54, 1.807) is 6.07 Å². The van der Waals surface area contributed by atoms with Crippen molar-refractivity contribution in [3.05, 3.63) is 29.6 Å². The molecule has 0 aromatic heterocycles. The Kier molecular flexibility index (Phi) is 4.37. The van der Waals surface area contributed by atoms with E-state index < -0.39 is 5.82 Å². The molecule has 1 aliphatic rings. The third-order valence-electron chi connectivity index (χ3n) is 3.55. The lowest BCUT2D eigenvalue weighted by Gasteiger charge is -2.22. The molecule has 1 heterocycles. The Morgan fingerprint density at radius 2 is 2.11 bits per heavy atom. The van der Waals surface area contributed by atoms with Crippen LogP contribution in [0.3, 0.4) is 0 Å². The van der Waals surface area contributed by atoms with Crippen molar-refractivity contribution < 1.29 is 14.3 Å². The van der Waals surface area contributed by atoms with Crippen LogP contribution < -0.4 is 5.73 Å². The number of aromatic hydroxyl groups is 1. The highest BCUT2D eigenvalue weighted by molar-refractivity contribution is 5.79. The summed E-state index contributed by atoms with van der Waals surface area (Å²) in [6.07, 6.45) is 2.48. The Morgan fingerprint density at radius 3 is 2.68 bits per heavy atom. The van der Waals surface area contributed by atoms with Gasteiger partial charge in [-0.05, 0) is 37.0 Å². The number of carbonyl (C=O) groups is 1. The van der Waals surface area contributed by atoms with Crippen molar-refractivity contribution >= 4 is 5.91 Å². The van der Waals surface area contributed by atoms with Crippen LogP contribution in [0.15, 0.2) is 18.2 Å². The van der Waals surface area contributed by atoms with E-state index in [1.807, 2.05) is 4.90 Å². The molecule has 4 nitrogen and oxygen atoms in total. The van der Waals surface area contributed by atoms with Gasteiger partial charge in [-0.2, -0.15) is 0 Å². The van der Waals surface area contributed by atoms with Gasteiger partial charge in [0.05, 0.1) is 5.92 Å². The summed E-state index contributed by atoms with van der Waals surface area (Å²) < 4.78 is 13.3. The van der Waals surface area contributed by atoms with Gasteiger partial charge in [0.15, 0.2) is 11.6 Å². The van der Waals surface area contributed by atoms with Crippen LogP contribution >= 0.6 is 0 Å². The second-order valence-electron chi connectivity index (χ2n) is 4.95. The van der Waals surface area contributed by atoms with Gasteiger partial charge in [0, 0.05) is 19.6 Å². The van der Waals surface area contributed by atoms with Crippen LogP contribution in [-0.4, -0.2) is 35.5 Å². The van der Waals surface area contributed by atoms with Crippen molar-refractivity contribution in [3.8, 4) is 5.75 Å². The minimum atomic E-state index is -0.665. The maximum Gasteiger partial charge on any atom is 0.227 e. The van der Waals surface area contributed by atoms with Gasteiger partial charge in [-0.15, -0.1) is 0 Å². The molecule has 1 aromatic carbocycles. The molecule has 19 heavy (non-hydrogen) atoms. The average Bonchev–Trinajstić information content (AvgIpc) is 2.93. The smallest absolute Gasteiger partial charge is 0.227 e. The normalized spacial score (nSPS) is 16.6. The zero-order valence-corrected chi connectivity index (χ0v) is 10.8. The lowest BCUT2D eigenvalue weighted by atomic mass is 9.98. The van der Waals surface area contributed by atoms with Gasteiger partial charge in [-0.1, -0.05) is 6.07 Å². The van der Waals surface area contributed by atoms with Crippen LogP contribution in [0.2, 0.25) is 0 Å². The highest BCUT2D eigenvalue weighted by Crippen LogP contribution is 2.20. The summed E-state index contributed by atoms with van der Waals surface area (Å²) >= 11 is 0. The number of carbonyl (C=O) groups excluding carboxylic acids is 1. The first-order chi connectivity index (χ1) is 9.11. The van der Waals surface area contributed by atoms with Crippen LogP contribution in [0.25, 0.3) is 0 Å². The van der Waals surface area contributed by atoms with Crippen molar-refractivity contribution in [1.29, 1.82) is 0 Å². The second-order valence-corrected chi connectivity index (χ2v) is 4.95. The van der Waals surface area contributed by atoms with E-state index in [4.69, 9.17) is 10.8 Å². The number of nitrogens with two attached hydrogens (primary N) is 1. The quantitative estimate of drug-likeness (QED) is 0.862. The lowest BCUT2D eigenvalue weighted by Crippen LogP contribution is -2.38. The Hall–Kier alpha value is -1.62. The molecule has 0 radical (unpaired) electrons. The first-order valence-corrected chi connectivity index (χ1v) is 6.58. The molecule has 1 aliphatic heterocycles. The number of halogens is 1. The molecule has 1 fully saturated rings. The molecule has 1 saturated heterocycles. The summed E-state index contributed by atoms with van der Waals surface area (Å²) in [5.41, 5.74) is 6.35. The number of rotatable bonds is 4. The van der Waals surface area contributed by atoms with Gasteiger partial charge in [0.1, 0.15) is 0 Å². The Morgan fingerprint density at radius 1 is 1.42 bits per heavy atom. The number of nitrogens with zero attached hydrogens (tertiary/aromatic N) is 1. The predicted octanol–water partition coefficient (Wildman–Crippen LogP) is 1.27. The SMILES string of the molecule is NCC(Cc1ccc(O)c(F)c1)C(=O)N1CCCC1. The minimum absolute atomic E-state index is 0.0495. The third kappa shape index (κ3) is 3.23. The summed E-state index contributed by atoms with van der Waals surface area (Å²) in [5.74, 6) is -1.31. The van der Waals surface area contributed by atoms with Crippen molar-refractivity contribution in [2.24, 2.45) is 11.7 Å². The molecule has 1 unspecified atom stereocenters. The van der Waals surface area contributed by atoms with Crippen molar-refractivity contribution in [2.45, 2.75) is 19.3 Å². The third-order valence-corrected chi connectivity index (χ3v) is 3.55. The van der Waals surface area contributed by atoms with E-state index in [9.17, 15) is 9.18 Å². The molecule has 0 spiro atoms. The summed E-state index contributed by atoms with van der Waals surface area (Å²) in [6, 6.07) is 4.19. The van der Waals surface area contributed by atoms with E-state index in [-0.39, 0.29) is 24.1 Å². The van der Waals surface area contributed by atoms with Crippen molar-refractivity contribution in [1.82, 2.24) is 4.90 Å². The molecule has 1 atom stereocenters. The van der Waals surface area contributed by atoms with E-state index in [0.29, 0.717) is 12.0 Å². The zero-order valence-electron chi connectivity index (χ0n) is 10.8. The Balaban J connectivity index is 2.05. The van der Waals surface area contributed by atoms with Gasteiger partial charge in [-0.25, -0.2) is 4.39 Å². The number of phenolic OH excluding ortho intramolecular Hbond substituents is 1. The fraction of sp³-hybridized carbons (Fsp3) is 0.500. The molecule has 1 aromatic rings. The maximum absolute atomic E-state index is 13.3. The summed E-state index contributed by atoms with van der Waals surface area (Å²) in [7, 11) is 0. The Bertz CT molecular complexity index is 459. The highest BCUT2D eigenvalue weighted by Gasteiger charge is 2.25. The molecular weight excluding hydrogens is 247 g/mol. The minimum Gasteiger partial charge on any atom is -0.505 e. The number of hydrogen-bond acceptors (Lipinski definition) is 3. The molecule has 3 N–H and O–H groups in total. The number of likely N-dealkylation sites (tertiary alicyclic amines) is 1. The van der Waals surface area contributed by atoms with E-state index in [2.05, 4.69) is 0 Å². The number of phenols is 1. The first kappa shape index (κ1) is 13.8. The predicted molar refractivity (Wildman–Crippen MR) is 70.1 cm³/mol. The first-order valence-electron chi connectivity index (χ1n) is 6.58. The highest BCUT2D eigenvalue weighted by atomic mass is 19.1. The summed E-state index contributed by atoms with van der Waals surface area (Å²) in [4.78, 5) is 14.1. The molecular formula is C14H19FN2O2. The molecule has 2 rings (SSSR count). The Labute approximate surface area is 112 Å². The summed E-state index contributed by atoms with van der Waals surface area (Å²) in [5, 5.41) is 9.14. The van der Waals surface area contributed by atoms with Gasteiger partial charge in [0.2, 0.25) is 5.91 Å². The molecule has 0 bridgehead atoms. The van der Waals surface area contributed by atoms with Crippen LogP contribution in [0, 0.1) is 11.7 Å². The molecule has 0 saturated carbocycles. The standard InChI is InChI=1S/C14H19FN2O2/c15-12-8-10(3-4-13(12)18)7-11(9-16)14(19)17-5-1-2-6-17/h3-4,8,11,18H,1-2,5-7,9,16H2. The number of amides is 1. The summed E-state index contributed by atoms with van der Waals surface area (Å²) in [6.45, 7) is 1.83. The van der Waals surface area contributed by atoms with Gasteiger partial charge in [-0.3, -0.25) is 4.79 Å². The van der Waals surface area contributed by atoms with E-state index in [0.717, 1.165) is 25.9 Å².